The summed E-state index contributed by atoms with van der Waals surface area (Å²) in [5, 5.41) is 9.39. The van der Waals surface area contributed by atoms with Crippen molar-refractivity contribution in [3.8, 4) is 6.07 Å². The van der Waals surface area contributed by atoms with E-state index in [9.17, 15) is 18.5 Å². The largest absolute Gasteiger partial charge is 0.373 e. The maximum atomic E-state index is 12.7. The van der Waals surface area contributed by atoms with Crippen LogP contribution in [0.2, 0.25) is 0 Å². The van der Waals surface area contributed by atoms with Gasteiger partial charge in [0.1, 0.15) is 11.6 Å². The number of piperazine rings is 1. The second-order valence-electron chi connectivity index (χ2n) is 6.20. The molecule has 0 aromatic heterocycles. The number of carbonyl (C=O) groups excluding carboxylic acids is 1. The number of amides is 1. The van der Waals surface area contributed by atoms with Gasteiger partial charge in [-0.15, -0.1) is 13.2 Å². The third-order valence-electron chi connectivity index (χ3n) is 4.30. The van der Waals surface area contributed by atoms with Crippen molar-refractivity contribution >= 4 is 15.9 Å². The van der Waals surface area contributed by atoms with Gasteiger partial charge < -0.3 is 9.80 Å². The van der Waals surface area contributed by atoms with Crippen LogP contribution in [-0.2, 0) is 14.8 Å². The van der Waals surface area contributed by atoms with Gasteiger partial charge in [-0.25, -0.2) is 8.42 Å². The minimum Gasteiger partial charge on any atom is -0.373 e. The molecule has 1 saturated heterocycles. The van der Waals surface area contributed by atoms with Crippen molar-refractivity contribution in [3.05, 3.63) is 67.4 Å². The molecule has 0 bridgehead atoms. The Kier molecular flexibility index (Phi) is 7.55. The van der Waals surface area contributed by atoms with Crippen LogP contribution in [0.5, 0.6) is 0 Å². The Hall–Kier alpha value is -2.89. The first-order valence-electron chi connectivity index (χ1n) is 8.86. The van der Waals surface area contributed by atoms with Crippen LogP contribution in [0.3, 0.4) is 0 Å². The Morgan fingerprint density at radius 3 is 2.18 bits per heavy atom. The van der Waals surface area contributed by atoms with Crippen LogP contribution in [0.25, 0.3) is 0 Å². The second-order valence-corrected chi connectivity index (χ2v) is 8.13. The Bertz CT molecular complexity index is 870. The first-order chi connectivity index (χ1) is 13.4. The average Bonchev–Trinajstić information content (AvgIpc) is 2.72. The molecule has 1 aromatic rings. The quantitative estimate of drug-likeness (QED) is 0.376. The SMILES string of the molecule is C=CCN(CC=C)C(=O)/C(C#N)=C\N1CCN(S(=O)(=O)c2ccccc2)CC1. The predicted molar refractivity (Wildman–Crippen MR) is 107 cm³/mol. The summed E-state index contributed by atoms with van der Waals surface area (Å²) >= 11 is 0. The summed E-state index contributed by atoms with van der Waals surface area (Å²) in [5.41, 5.74) is 0.00284. The first-order valence-corrected chi connectivity index (χ1v) is 10.3. The minimum atomic E-state index is -3.54. The molecule has 0 atom stereocenters. The summed E-state index contributed by atoms with van der Waals surface area (Å²) in [4.78, 5) is 16.1. The lowest BCUT2D eigenvalue weighted by atomic mass is 10.2. The van der Waals surface area contributed by atoms with E-state index >= 15 is 0 Å². The molecule has 0 spiro atoms. The molecular weight excluding hydrogens is 376 g/mol. The van der Waals surface area contributed by atoms with Gasteiger partial charge in [-0.1, -0.05) is 30.4 Å². The van der Waals surface area contributed by atoms with Gasteiger partial charge in [0, 0.05) is 45.5 Å². The lowest BCUT2D eigenvalue weighted by Crippen LogP contribution is -2.47. The Balaban J connectivity index is 2.07. The van der Waals surface area contributed by atoms with Crippen LogP contribution in [-0.4, -0.2) is 67.7 Å². The molecule has 28 heavy (non-hydrogen) atoms. The lowest BCUT2D eigenvalue weighted by Gasteiger charge is -2.33. The normalized spacial score (nSPS) is 15.5. The number of rotatable bonds is 8. The van der Waals surface area contributed by atoms with Crippen LogP contribution in [0.15, 0.2) is 72.3 Å². The smallest absolute Gasteiger partial charge is 0.266 e. The maximum absolute atomic E-state index is 12.7. The molecule has 1 fully saturated rings. The van der Waals surface area contributed by atoms with Crippen molar-refractivity contribution in [1.29, 1.82) is 5.26 Å². The zero-order valence-electron chi connectivity index (χ0n) is 15.7. The lowest BCUT2D eigenvalue weighted by molar-refractivity contribution is -0.125. The van der Waals surface area contributed by atoms with Crippen molar-refractivity contribution in [2.24, 2.45) is 0 Å². The van der Waals surface area contributed by atoms with E-state index in [1.807, 2.05) is 6.07 Å². The maximum Gasteiger partial charge on any atom is 0.266 e. The highest BCUT2D eigenvalue weighted by Gasteiger charge is 2.28. The molecule has 0 saturated carbocycles. The third kappa shape index (κ3) is 5.09. The van der Waals surface area contributed by atoms with Crippen LogP contribution in [0.1, 0.15) is 0 Å². The molecule has 0 aliphatic carbocycles. The number of carbonyl (C=O) groups is 1. The molecule has 7 nitrogen and oxygen atoms in total. The monoisotopic (exact) mass is 400 g/mol. The molecule has 1 aromatic carbocycles. The van der Waals surface area contributed by atoms with Gasteiger partial charge in [-0.05, 0) is 12.1 Å². The topological polar surface area (TPSA) is 84.7 Å². The number of nitriles is 1. The summed E-state index contributed by atoms with van der Waals surface area (Å²) in [6, 6.07) is 10.2. The highest BCUT2D eigenvalue weighted by Crippen LogP contribution is 2.17. The van der Waals surface area contributed by atoms with Gasteiger partial charge in [0.05, 0.1) is 4.90 Å². The van der Waals surface area contributed by atoms with Crippen LogP contribution in [0, 0.1) is 11.3 Å². The van der Waals surface area contributed by atoms with Gasteiger partial charge in [0.25, 0.3) is 5.91 Å². The molecular formula is C20H24N4O3S. The van der Waals surface area contributed by atoms with E-state index in [1.165, 1.54) is 15.4 Å². The highest BCUT2D eigenvalue weighted by molar-refractivity contribution is 7.89. The van der Waals surface area contributed by atoms with E-state index in [0.717, 1.165) is 0 Å². The summed E-state index contributed by atoms with van der Waals surface area (Å²) in [6.45, 7) is 9.22. The minimum absolute atomic E-state index is 0.00284. The Labute approximate surface area is 166 Å². The zero-order chi connectivity index (χ0) is 20.6. The van der Waals surface area contributed by atoms with Crippen LogP contribution < -0.4 is 0 Å². The molecule has 0 unspecified atom stereocenters. The van der Waals surface area contributed by atoms with Crippen molar-refractivity contribution in [2.45, 2.75) is 4.90 Å². The predicted octanol–water partition coefficient (Wildman–Crippen LogP) is 1.60. The van der Waals surface area contributed by atoms with Crippen molar-refractivity contribution in [3.63, 3.8) is 0 Å². The number of benzene rings is 1. The Morgan fingerprint density at radius 2 is 1.68 bits per heavy atom. The Morgan fingerprint density at radius 1 is 1.11 bits per heavy atom. The molecule has 0 N–H and O–H groups in total. The second kappa shape index (κ2) is 9.88. The van der Waals surface area contributed by atoms with E-state index in [2.05, 4.69) is 13.2 Å². The highest BCUT2D eigenvalue weighted by atomic mass is 32.2. The molecule has 1 aliphatic heterocycles. The first kappa shape index (κ1) is 21.4. The number of sulfonamides is 1. The summed E-state index contributed by atoms with van der Waals surface area (Å²) in [6.07, 6.45) is 4.68. The van der Waals surface area contributed by atoms with Crippen LogP contribution >= 0.6 is 0 Å². The molecule has 1 heterocycles. The average molecular weight is 401 g/mol. The number of hydrogen-bond acceptors (Lipinski definition) is 5. The summed E-state index contributed by atoms with van der Waals surface area (Å²) in [5.74, 6) is -0.401. The van der Waals surface area contributed by atoms with Gasteiger partial charge in [0.2, 0.25) is 10.0 Å². The number of hydrogen-bond donors (Lipinski definition) is 0. The third-order valence-corrected chi connectivity index (χ3v) is 6.22. The molecule has 1 aliphatic rings. The van der Waals surface area contributed by atoms with Crippen molar-refractivity contribution in [1.82, 2.24) is 14.1 Å². The van der Waals surface area contributed by atoms with E-state index in [0.29, 0.717) is 26.2 Å². The van der Waals surface area contributed by atoms with E-state index in [-0.39, 0.29) is 23.6 Å². The fraction of sp³-hybridized carbons (Fsp3) is 0.300. The van der Waals surface area contributed by atoms with Gasteiger partial charge in [0.15, 0.2) is 0 Å². The molecule has 1 amide bonds. The fourth-order valence-electron chi connectivity index (χ4n) is 2.85. The van der Waals surface area contributed by atoms with Gasteiger partial charge >= 0.3 is 0 Å². The number of nitrogens with zero attached hydrogens (tertiary/aromatic N) is 4. The van der Waals surface area contributed by atoms with Crippen molar-refractivity contribution < 1.29 is 13.2 Å². The molecule has 148 valence electrons. The summed E-state index contributed by atoms with van der Waals surface area (Å²) < 4.78 is 26.8. The van der Waals surface area contributed by atoms with Crippen molar-refractivity contribution in [2.75, 3.05) is 39.3 Å². The van der Waals surface area contributed by atoms with E-state index < -0.39 is 15.9 Å². The standard InChI is InChI=1S/C20H24N4O3S/c1-3-10-23(11-4-2)20(25)18(16-21)17-22-12-14-24(15-13-22)28(26,27)19-8-6-5-7-9-19/h3-9,17H,1-2,10-15H2/b18-17-. The molecule has 2 rings (SSSR count). The molecule has 0 radical (unpaired) electrons. The van der Waals surface area contributed by atoms with E-state index in [1.54, 1.807) is 47.4 Å². The van der Waals surface area contributed by atoms with Crippen LogP contribution in [0.4, 0.5) is 0 Å². The van der Waals surface area contributed by atoms with E-state index in [4.69, 9.17) is 0 Å². The van der Waals surface area contributed by atoms with Gasteiger partial charge in [-0.2, -0.15) is 9.57 Å². The fourth-order valence-corrected chi connectivity index (χ4v) is 4.29. The molecule has 8 heteroatoms. The zero-order valence-corrected chi connectivity index (χ0v) is 16.5. The summed E-state index contributed by atoms with van der Waals surface area (Å²) in [7, 11) is -3.54. The van der Waals surface area contributed by atoms with Gasteiger partial charge in [-0.3, -0.25) is 4.79 Å².